The van der Waals surface area contributed by atoms with Crippen molar-refractivity contribution in [3.05, 3.63) is 23.7 Å². The molecule has 1 aromatic heterocycles. The van der Waals surface area contributed by atoms with E-state index in [0.717, 1.165) is 5.76 Å². The van der Waals surface area contributed by atoms with Gasteiger partial charge in [0.25, 0.3) is 0 Å². The van der Waals surface area contributed by atoms with Gasteiger partial charge in [-0.1, -0.05) is 0 Å². The van der Waals surface area contributed by atoms with E-state index in [1.54, 1.807) is 19.1 Å². The average molecular weight is 196 g/mol. The van der Waals surface area contributed by atoms with Crippen LogP contribution in [-0.4, -0.2) is 31.7 Å². The summed E-state index contributed by atoms with van der Waals surface area (Å²) >= 11 is 0. The molecular formula is C10H12O4. The second-order valence-electron chi connectivity index (χ2n) is 3.21. The Morgan fingerprint density at radius 3 is 2.86 bits per heavy atom. The first-order valence-electron chi connectivity index (χ1n) is 4.57. The Kier molecular flexibility index (Phi) is 2.65. The molecule has 0 spiro atoms. The number of carbonyl (C=O) groups is 1. The molecule has 0 saturated carbocycles. The van der Waals surface area contributed by atoms with Crippen LogP contribution in [0.2, 0.25) is 0 Å². The Hall–Kier alpha value is -1.13. The zero-order valence-corrected chi connectivity index (χ0v) is 7.99. The van der Waals surface area contributed by atoms with E-state index in [1.165, 1.54) is 0 Å². The molecule has 2 rings (SSSR count). The maximum absolute atomic E-state index is 11.7. The van der Waals surface area contributed by atoms with Crippen molar-refractivity contribution >= 4 is 5.78 Å². The molecule has 14 heavy (non-hydrogen) atoms. The molecule has 1 atom stereocenters. The van der Waals surface area contributed by atoms with Crippen molar-refractivity contribution in [3.8, 4) is 0 Å². The predicted molar refractivity (Wildman–Crippen MR) is 48.3 cm³/mol. The highest BCUT2D eigenvalue weighted by Crippen LogP contribution is 2.12. The van der Waals surface area contributed by atoms with E-state index in [1.807, 2.05) is 0 Å². The SMILES string of the molecule is Cc1ccc(C(=O)C2COCCO2)o1. The fraction of sp³-hybridized carbons (Fsp3) is 0.500. The maximum Gasteiger partial charge on any atom is 0.228 e. The number of aryl methyl sites for hydroxylation is 1. The lowest BCUT2D eigenvalue weighted by Gasteiger charge is -2.20. The average Bonchev–Trinajstić information content (AvgIpc) is 2.65. The number of rotatable bonds is 2. The lowest BCUT2D eigenvalue weighted by Crippen LogP contribution is -2.35. The van der Waals surface area contributed by atoms with E-state index < -0.39 is 6.10 Å². The minimum Gasteiger partial charge on any atom is -0.458 e. The van der Waals surface area contributed by atoms with Gasteiger partial charge in [0.15, 0.2) is 5.76 Å². The Bertz CT molecular complexity index is 323. The predicted octanol–water partition coefficient (Wildman–Crippen LogP) is 1.19. The Labute approximate surface area is 81.8 Å². The van der Waals surface area contributed by atoms with Gasteiger partial charge in [-0.25, -0.2) is 0 Å². The van der Waals surface area contributed by atoms with E-state index in [2.05, 4.69) is 0 Å². The van der Waals surface area contributed by atoms with Gasteiger partial charge in [-0.15, -0.1) is 0 Å². The lowest BCUT2D eigenvalue weighted by molar-refractivity contribution is -0.0726. The lowest BCUT2D eigenvalue weighted by atomic mass is 10.2. The highest BCUT2D eigenvalue weighted by atomic mass is 16.6. The number of Topliss-reactive ketones (excluding diaryl/α,β-unsaturated/α-hetero) is 1. The van der Waals surface area contributed by atoms with E-state index in [0.29, 0.717) is 25.6 Å². The third-order valence-corrected chi connectivity index (χ3v) is 2.09. The second-order valence-corrected chi connectivity index (χ2v) is 3.21. The van der Waals surface area contributed by atoms with E-state index in [9.17, 15) is 4.79 Å². The molecule has 2 heterocycles. The molecular weight excluding hydrogens is 184 g/mol. The van der Waals surface area contributed by atoms with Gasteiger partial charge in [-0.3, -0.25) is 4.79 Å². The Morgan fingerprint density at radius 2 is 2.29 bits per heavy atom. The minimum absolute atomic E-state index is 0.141. The van der Waals surface area contributed by atoms with Crippen molar-refractivity contribution in [2.75, 3.05) is 19.8 Å². The normalized spacial score (nSPS) is 22.2. The van der Waals surface area contributed by atoms with Crippen molar-refractivity contribution in [2.45, 2.75) is 13.0 Å². The van der Waals surface area contributed by atoms with Gasteiger partial charge in [0.2, 0.25) is 5.78 Å². The Morgan fingerprint density at radius 1 is 1.43 bits per heavy atom. The summed E-state index contributed by atoms with van der Waals surface area (Å²) in [5.74, 6) is 0.931. The molecule has 0 bridgehead atoms. The van der Waals surface area contributed by atoms with Gasteiger partial charge in [-0.2, -0.15) is 0 Å². The first kappa shape index (κ1) is 9.43. The highest BCUT2D eigenvalue weighted by molar-refractivity contribution is 5.97. The monoisotopic (exact) mass is 196 g/mol. The van der Waals surface area contributed by atoms with Crippen LogP contribution in [0.1, 0.15) is 16.3 Å². The van der Waals surface area contributed by atoms with Crippen LogP contribution < -0.4 is 0 Å². The summed E-state index contributed by atoms with van der Waals surface area (Å²) in [4.78, 5) is 11.7. The number of furan rings is 1. The molecule has 1 unspecified atom stereocenters. The van der Waals surface area contributed by atoms with Crippen LogP contribution in [0.25, 0.3) is 0 Å². The van der Waals surface area contributed by atoms with Crippen molar-refractivity contribution in [3.63, 3.8) is 0 Å². The van der Waals surface area contributed by atoms with Crippen molar-refractivity contribution in [2.24, 2.45) is 0 Å². The number of ether oxygens (including phenoxy) is 2. The van der Waals surface area contributed by atoms with Crippen LogP contribution in [0.15, 0.2) is 16.5 Å². The first-order valence-corrected chi connectivity index (χ1v) is 4.57. The van der Waals surface area contributed by atoms with Crippen LogP contribution in [0.3, 0.4) is 0 Å². The molecule has 1 fully saturated rings. The van der Waals surface area contributed by atoms with Gasteiger partial charge in [0, 0.05) is 0 Å². The van der Waals surface area contributed by atoms with Gasteiger partial charge in [0.1, 0.15) is 11.9 Å². The minimum atomic E-state index is -0.505. The standard InChI is InChI=1S/C10H12O4/c1-7-2-3-8(14-7)10(11)9-6-12-4-5-13-9/h2-3,9H,4-6H2,1H3. The molecule has 1 aliphatic rings. The van der Waals surface area contributed by atoms with Crippen LogP contribution in [0.5, 0.6) is 0 Å². The van der Waals surface area contributed by atoms with Crippen molar-refractivity contribution in [1.29, 1.82) is 0 Å². The van der Waals surface area contributed by atoms with Gasteiger partial charge in [-0.05, 0) is 19.1 Å². The number of ketones is 1. The first-order chi connectivity index (χ1) is 6.77. The Balaban J connectivity index is 2.07. The summed E-state index contributed by atoms with van der Waals surface area (Å²) in [5.41, 5.74) is 0. The fourth-order valence-electron chi connectivity index (χ4n) is 1.36. The quantitative estimate of drug-likeness (QED) is 0.666. The van der Waals surface area contributed by atoms with Crippen LogP contribution in [0.4, 0.5) is 0 Å². The summed E-state index contributed by atoms with van der Waals surface area (Å²) in [5, 5.41) is 0. The summed E-state index contributed by atoms with van der Waals surface area (Å²) in [6.07, 6.45) is -0.505. The van der Waals surface area contributed by atoms with Crippen LogP contribution >= 0.6 is 0 Å². The topological polar surface area (TPSA) is 48.7 Å². The van der Waals surface area contributed by atoms with Crippen molar-refractivity contribution in [1.82, 2.24) is 0 Å². The summed E-state index contributed by atoms with van der Waals surface area (Å²) < 4.78 is 15.6. The smallest absolute Gasteiger partial charge is 0.228 e. The second kappa shape index (κ2) is 3.94. The summed E-state index contributed by atoms with van der Waals surface area (Å²) in [7, 11) is 0. The zero-order valence-electron chi connectivity index (χ0n) is 7.99. The maximum atomic E-state index is 11.7. The number of hydrogen-bond acceptors (Lipinski definition) is 4. The molecule has 0 N–H and O–H groups in total. The zero-order chi connectivity index (χ0) is 9.97. The van der Waals surface area contributed by atoms with E-state index in [4.69, 9.17) is 13.9 Å². The molecule has 1 aromatic rings. The fourth-order valence-corrected chi connectivity index (χ4v) is 1.36. The third kappa shape index (κ3) is 1.86. The summed E-state index contributed by atoms with van der Waals surface area (Å²) in [6.45, 7) is 3.14. The van der Waals surface area contributed by atoms with E-state index in [-0.39, 0.29) is 5.78 Å². The largest absolute Gasteiger partial charge is 0.458 e. The van der Waals surface area contributed by atoms with Crippen molar-refractivity contribution < 1.29 is 18.7 Å². The van der Waals surface area contributed by atoms with Crippen LogP contribution in [0, 0.1) is 6.92 Å². The molecule has 4 nitrogen and oxygen atoms in total. The molecule has 0 amide bonds. The third-order valence-electron chi connectivity index (χ3n) is 2.09. The molecule has 76 valence electrons. The van der Waals surface area contributed by atoms with Gasteiger partial charge in [0.05, 0.1) is 19.8 Å². The van der Waals surface area contributed by atoms with Gasteiger partial charge >= 0.3 is 0 Å². The molecule has 0 radical (unpaired) electrons. The number of hydrogen-bond donors (Lipinski definition) is 0. The molecule has 1 saturated heterocycles. The molecule has 0 aromatic carbocycles. The molecule has 4 heteroatoms. The van der Waals surface area contributed by atoms with Gasteiger partial charge < -0.3 is 13.9 Å². The van der Waals surface area contributed by atoms with Crippen LogP contribution in [-0.2, 0) is 9.47 Å². The highest BCUT2D eigenvalue weighted by Gasteiger charge is 2.25. The molecule has 0 aliphatic carbocycles. The molecule has 1 aliphatic heterocycles. The summed E-state index contributed by atoms with van der Waals surface area (Å²) in [6, 6.07) is 3.42. The number of carbonyl (C=O) groups excluding carboxylic acids is 1. The van der Waals surface area contributed by atoms with E-state index >= 15 is 0 Å².